The molecule has 3 amide bonds. The molecule has 58 heavy (non-hydrogen) atoms. The number of carbonyl (C=O) groups is 5. The van der Waals surface area contributed by atoms with Gasteiger partial charge in [0.2, 0.25) is 11.0 Å². The van der Waals surface area contributed by atoms with E-state index in [9.17, 15) is 49.2 Å². The van der Waals surface area contributed by atoms with E-state index in [1.54, 1.807) is 0 Å². The highest BCUT2D eigenvalue weighted by atomic mass is 35.5. The molecule has 3 saturated heterocycles. The fourth-order valence-electron chi connectivity index (χ4n) is 8.30. The Kier molecular flexibility index (Phi) is 10.4. The Morgan fingerprint density at radius 1 is 1.16 bits per heavy atom. The van der Waals surface area contributed by atoms with E-state index in [-0.39, 0.29) is 61.4 Å². The average molecular weight is 860 g/mol. The number of amides is 3. The number of carboxylic acids is 2. The number of nitrogens with one attached hydrogen (secondary N) is 3. The van der Waals surface area contributed by atoms with Gasteiger partial charge in [0, 0.05) is 60.2 Å². The van der Waals surface area contributed by atoms with Crippen LogP contribution in [0.1, 0.15) is 62.5 Å². The molecule has 1 aromatic carbocycles. The van der Waals surface area contributed by atoms with Crippen LogP contribution in [0.15, 0.2) is 38.9 Å². The molecule has 3 aromatic rings. The molecule has 7 atom stereocenters. The third kappa shape index (κ3) is 6.88. The summed E-state index contributed by atoms with van der Waals surface area (Å²) in [7, 11) is 2.05. The molecule has 7 rings (SSSR count). The van der Waals surface area contributed by atoms with E-state index in [0.717, 1.165) is 30.2 Å². The minimum Gasteiger partial charge on any atom is -0.504 e. The number of aromatic nitrogens is 2. The van der Waals surface area contributed by atoms with Crippen LogP contribution in [0.5, 0.6) is 11.5 Å². The SMILES string of the molecule is C[C@@H]1S[C@@H]2[C@H](NC(=O)C(=NOC(C)(C)C(=O)O)c3csc(N)n3)C(=O)N2C(C(=O)O)=C1C[N+]1(C)[C@@H]2CC[C@H]1CC(NC(=O)c1c[nH]c3cc(O)c(O)c(Cl)c3c1=O)C2. The molecule has 19 nitrogen and oxygen atoms in total. The van der Waals surface area contributed by atoms with Gasteiger partial charge in [-0.1, -0.05) is 16.8 Å². The number of aliphatic carboxylic acids is 2. The number of halogens is 1. The van der Waals surface area contributed by atoms with E-state index in [1.165, 1.54) is 42.1 Å². The number of oxime groups is 1. The first-order chi connectivity index (χ1) is 27.2. The lowest BCUT2D eigenvalue weighted by molar-refractivity contribution is -0.944. The number of fused-ring (bicyclic) bond motifs is 4. The number of phenols is 2. The Morgan fingerprint density at radius 3 is 2.43 bits per heavy atom. The number of aromatic hydroxyl groups is 2. The van der Waals surface area contributed by atoms with Crippen LogP contribution >= 0.6 is 34.7 Å². The summed E-state index contributed by atoms with van der Waals surface area (Å²) in [6.07, 6.45) is 3.92. The van der Waals surface area contributed by atoms with Crippen LogP contribution in [-0.2, 0) is 24.0 Å². The van der Waals surface area contributed by atoms with Crippen LogP contribution in [-0.4, -0.2) is 129 Å². The van der Waals surface area contributed by atoms with Gasteiger partial charge < -0.3 is 51.1 Å². The number of pyridine rings is 1. The molecule has 6 heterocycles. The number of quaternary nitrogens is 1. The van der Waals surface area contributed by atoms with Crippen molar-refractivity contribution in [3.05, 3.63) is 55.4 Å². The van der Waals surface area contributed by atoms with Crippen molar-refractivity contribution < 1.29 is 53.7 Å². The summed E-state index contributed by atoms with van der Waals surface area (Å²) >= 11 is 8.48. The van der Waals surface area contributed by atoms with Crippen LogP contribution in [0.25, 0.3) is 10.9 Å². The van der Waals surface area contributed by atoms with E-state index < -0.39 is 69.3 Å². The lowest BCUT2D eigenvalue weighted by Crippen LogP contribution is -2.72. The van der Waals surface area contributed by atoms with E-state index in [2.05, 4.69) is 32.8 Å². The largest absolute Gasteiger partial charge is 0.504 e. The molecule has 0 spiro atoms. The van der Waals surface area contributed by atoms with Crippen molar-refractivity contribution in [2.75, 3.05) is 19.3 Å². The first-order valence-corrected chi connectivity index (χ1v) is 20.3. The number of nitrogen functional groups attached to an aromatic ring is 1. The summed E-state index contributed by atoms with van der Waals surface area (Å²) < 4.78 is 0.481. The van der Waals surface area contributed by atoms with Gasteiger partial charge in [0.15, 0.2) is 22.3 Å². The smallest absolute Gasteiger partial charge is 0.352 e. The van der Waals surface area contributed by atoms with Crippen molar-refractivity contribution in [1.29, 1.82) is 0 Å². The summed E-state index contributed by atoms with van der Waals surface area (Å²) in [5, 5.41) is 49.2. The van der Waals surface area contributed by atoms with E-state index in [4.69, 9.17) is 22.2 Å². The molecule has 22 heteroatoms. The minimum atomic E-state index is -1.81. The number of carboxylic acid groups (broad SMARTS) is 2. The predicted octanol–water partition coefficient (Wildman–Crippen LogP) is 1.91. The van der Waals surface area contributed by atoms with Gasteiger partial charge in [0.05, 0.1) is 35.1 Å². The van der Waals surface area contributed by atoms with Gasteiger partial charge in [-0.25, -0.2) is 14.6 Å². The predicted molar refractivity (Wildman–Crippen MR) is 211 cm³/mol. The van der Waals surface area contributed by atoms with Crippen molar-refractivity contribution >= 4 is 86.1 Å². The fraction of sp³-hybridized carbons (Fsp3) is 0.444. The maximum atomic E-state index is 13.7. The molecule has 2 bridgehead atoms. The molecule has 0 radical (unpaired) electrons. The molecule has 3 fully saturated rings. The number of hydrogen-bond acceptors (Lipinski definition) is 14. The molecule has 0 aliphatic carbocycles. The van der Waals surface area contributed by atoms with Gasteiger partial charge in [0.25, 0.3) is 17.7 Å². The van der Waals surface area contributed by atoms with E-state index >= 15 is 0 Å². The molecule has 9 N–H and O–H groups in total. The number of piperidine rings is 1. The molecule has 4 aliphatic heterocycles. The molecular formula is C36H40ClN8O11S2+. The summed E-state index contributed by atoms with van der Waals surface area (Å²) in [5.74, 6) is -6.01. The van der Waals surface area contributed by atoms with Crippen molar-refractivity contribution in [2.45, 2.75) is 86.8 Å². The Balaban J connectivity index is 1.07. The molecule has 308 valence electrons. The number of nitrogens with two attached hydrogens (primary N) is 1. The first-order valence-electron chi connectivity index (χ1n) is 18.1. The number of nitrogens with zero attached hydrogens (tertiary/aromatic N) is 4. The zero-order valence-electron chi connectivity index (χ0n) is 31.4. The highest BCUT2D eigenvalue weighted by Crippen LogP contribution is 2.48. The van der Waals surface area contributed by atoms with Gasteiger partial charge in [-0.05, 0) is 20.8 Å². The zero-order valence-corrected chi connectivity index (χ0v) is 33.8. The zero-order chi connectivity index (χ0) is 42.2. The number of thiazole rings is 1. The highest BCUT2D eigenvalue weighted by molar-refractivity contribution is 8.00. The number of rotatable bonds is 11. The van der Waals surface area contributed by atoms with Crippen molar-refractivity contribution in [3.8, 4) is 11.5 Å². The topological polar surface area (TPSA) is 287 Å². The molecule has 2 unspecified atom stereocenters. The number of β-lactam (4-membered cyclic amide) rings is 1. The third-order valence-electron chi connectivity index (χ3n) is 11.5. The summed E-state index contributed by atoms with van der Waals surface area (Å²) in [6, 6.07) is -0.290. The first kappa shape index (κ1) is 40.8. The number of hydrogen-bond donors (Lipinski definition) is 8. The Bertz CT molecular complexity index is 2400. The lowest BCUT2D eigenvalue weighted by Gasteiger charge is -2.53. The van der Waals surface area contributed by atoms with Crippen LogP contribution in [0.4, 0.5) is 5.13 Å². The second-order valence-electron chi connectivity index (χ2n) is 15.5. The summed E-state index contributed by atoms with van der Waals surface area (Å²) in [4.78, 5) is 91.8. The summed E-state index contributed by atoms with van der Waals surface area (Å²) in [6.45, 7) is 4.64. The van der Waals surface area contributed by atoms with Gasteiger partial charge in [0.1, 0.15) is 34.9 Å². The quantitative estimate of drug-likeness (QED) is 0.0450. The van der Waals surface area contributed by atoms with E-state index in [0.29, 0.717) is 29.4 Å². The third-order valence-corrected chi connectivity index (χ3v) is 14.0. The standard InChI is InChI=1S/C36H39ClN8O11S2/c1-13-18(11-45(4)15-5-6-16(45)8-14(7-15)40-29(49)17-10-39-19-9-21(46)28(48)23(37)22(19)27(17)47)26(33(52)53)44-31(51)25(32(44)58-13)42-30(50)24(20-12-57-35(38)41-20)43-56-36(2,3)34(54)55/h9-10,12-16,25,32H,5-8,11H2,1-4H3,(H8-,38,39,40,41,42,43,46,47,48,49,50,52,53,54,55)/p+1/t13-,14?,15-,16+,25+,32+,45?/m0/s1. The number of aromatic amines is 1. The van der Waals surface area contributed by atoms with Crippen LogP contribution in [0.3, 0.4) is 0 Å². The Hall–Kier alpha value is -5.38. The van der Waals surface area contributed by atoms with Crippen molar-refractivity contribution in [3.63, 3.8) is 0 Å². The van der Waals surface area contributed by atoms with E-state index in [1.807, 2.05) is 6.92 Å². The molecule has 0 saturated carbocycles. The molecular weight excluding hydrogens is 820 g/mol. The maximum Gasteiger partial charge on any atom is 0.352 e. The number of benzene rings is 1. The average Bonchev–Trinajstić information content (AvgIpc) is 3.62. The van der Waals surface area contributed by atoms with Gasteiger partial charge in [-0.15, -0.1) is 23.1 Å². The second kappa shape index (κ2) is 14.8. The molecule has 4 aliphatic rings. The number of phenolic OH excluding ortho intramolecular Hbond substituents is 2. The van der Waals surface area contributed by atoms with Gasteiger partial charge >= 0.3 is 11.9 Å². The van der Waals surface area contributed by atoms with Gasteiger partial charge in [-0.2, -0.15) is 0 Å². The van der Waals surface area contributed by atoms with Gasteiger partial charge in [-0.3, -0.25) is 24.1 Å². The van der Waals surface area contributed by atoms with Crippen LogP contribution in [0.2, 0.25) is 5.02 Å². The lowest BCUT2D eigenvalue weighted by atomic mass is 9.92. The van der Waals surface area contributed by atoms with Crippen LogP contribution < -0.4 is 21.8 Å². The molecule has 2 aromatic heterocycles. The maximum absolute atomic E-state index is 13.7. The number of anilines is 1. The monoisotopic (exact) mass is 859 g/mol. The Morgan fingerprint density at radius 2 is 1.83 bits per heavy atom. The Labute approximate surface area is 342 Å². The fourth-order valence-corrected chi connectivity index (χ4v) is 10.6. The second-order valence-corrected chi connectivity index (χ2v) is 18.2. The normalized spacial score (nSPS) is 26.9. The summed E-state index contributed by atoms with van der Waals surface area (Å²) in [5.41, 5.74) is 3.16. The van der Waals surface area contributed by atoms with Crippen molar-refractivity contribution in [1.82, 2.24) is 25.5 Å². The highest BCUT2D eigenvalue weighted by Gasteiger charge is 2.58. The minimum absolute atomic E-state index is 0.00637. The van der Waals surface area contributed by atoms with Crippen molar-refractivity contribution in [2.24, 2.45) is 5.16 Å². The number of thioether (sulfide) groups is 1. The number of H-pyrrole nitrogens is 1. The number of likely N-dealkylation sites (N-methyl/N-ethyl adjacent to an activating group) is 1. The van der Waals surface area contributed by atoms with Crippen LogP contribution in [0, 0.1) is 0 Å². The number of carbonyl (C=O) groups excluding carboxylic acids is 3.